The number of imide groups is 1. The highest BCUT2D eigenvalue weighted by atomic mass is 79.9. The molecule has 0 fully saturated rings. The standard InChI is InChI=1S/C13H9Br2NO2/c14-6-5-10-7-9(8-15)1-2-11(10)16-12(17)3-4-13(16)18/h1-7H,8H2. The molecule has 0 saturated heterocycles. The molecule has 0 saturated carbocycles. The highest BCUT2D eigenvalue weighted by Gasteiger charge is 2.26. The minimum atomic E-state index is -0.309. The zero-order valence-corrected chi connectivity index (χ0v) is 12.4. The molecule has 5 heteroatoms. The molecule has 0 aliphatic carbocycles. The van der Waals surface area contributed by atoms with Gasteiger partial charge in [-0.1, -0.05) is 37.9 Å². The van der Waals surface area contributed by atoms with Crippen LogP contribution in [0.4, 0.5) is 5.69 Å². The first-order valence-electron chi connectivity index (χ1n) is 5.19. The van der Waals surface area contributed by atoms with Crippen molar-refractivity contribution in [3.8, 4) is 0 Å². The summed E-state index contributed by atoms with van der Waals surface area (Å²) < 4.78 is 0. The van der Waals surface area contributed by atoms with Gasteiger partial charge in [-0.15, -0.1) is 0 Å². The monoisotopic (exact) mass is 369 g/mol. The van der Waals surface area contributed by atoms with E-state index < -0.39 is 0 Å². The molecule has 0 N–H and O–H groups in total. The van der Waals surface area contributed by atoms with Crippen LogP contribution in [0.2, 0.25) is 0 Å². The third-order valence-corrected chi connectivity index (χ3v) is 3.45. The number of benzene rings is 1. The lowest BCUT2D eigenvalue weighted by atomic mass is 10.1. The van der Waals surface area contributed by atoms with E-state index in [1.54, 1.807) is 17.1 Å². The van der Waals surface area contributed by atoms with Gasteiger partial charge < -0.3 is 0 Å². The molecule has 2 amide bonds. The molecule has 1 aromatic carbocycles. The number of alkyl halides is 1. The number of hydrogen-bond acceptors (Lipinski definition) is 2. The Hall–Kier alpha value is -1.20. The van der Waals surface area contributed by atoms with E-state index in [1.807, 2.05) is 12.1 Å². The van der Waals surface area contributed by atoms with E-state index in [2.05, 4.69) is 31.9 Å². The first-order chi connectivity index (χ1) is 8.67. The zero-order chi connectivity index (χ0) is 13.1. The van der Waals surface area contributed by atoms with E-state index in [1.165, 1.54) is 17.1 Å². The van der Waals surface area contributed by atoms with Crippen molar-refractivity contribution in [1.29, 1.82) is 0 Å². The normalized spacial score (nSPS) is 15.1. The predicted octanol–water partition coefficient (Wildman–Crippen LogP) is 3.38. The van der Waals surface area contributed by atoms with Crippen molar-refractivity contribution in [2.45, 2.75) is 5.33 Å². The summed E-state index contributed by atoms with van der Waals surface area (Å²) in [5, 5.41) is 0.719. The van der Waals surface area contributed by atoms with Gasteiger partial charge in [0.05, 0.1) is 5.69 Å². The number of amides is 2. The minimum Gasteiger partial charge on any atom is -0.269 e. The van der Waals surface area contributed by atoms with Gasteiger partial charge in [0.15, 0.2) is 0 Å². The van der Waals surface area contributed by atoms with E-state index in [4.69, 9.17) is 0 Å². The molecule has 1 heterocycles. The maximum Gasteiger partial charge on any atom is 0.258 e. The minimum absolute atomic E-state index is 0.309. The summed E-state index contributed by atoms with van der Waals surface area (Å²) in [6.45, 7) is 0. The fourth-order valence-corrected chi connectivity index (χ4v) is 2.36. The van der Waals surface area contributed by atoms with Gasteiger partial charge in [0.2, 0.25) is 0 Å². The Morgan fingerprint density at radius 3 is 2.39 bits per heavy atom. The molecule has 1 aliphatic rings. The Bertz CT molecular complexity index is 546. The van der Waals surface area contributed by atoms with E-state index in [0.29, 0.717) is 5.69 Å². The average molecular weight is 371 g/mol. The van der Waals surface area contributed by atoms with Crippen LogP contribution in [0.1, 0.15) is 11.1 Å². The number of halogens is 2. The third kappa shape index (κ3) is 2.47. The molecule has 92 valence electrons. The molecule has 0 atom stereocenters. The van der Waals surface area contributed by atoms with Crippen LogP contribution in [0.15, 0.2) is 35.3 Å². The van der Waals surface area contributed by atoms with Crippen LogP contribution in [0.5, 0.6) is 0 Å². The summed E-state index contributed by atoms with van der Waals surface area (Å²) >= 11 is 6.59. The van der Waals surface area contributed by atoms with Crippen molar-refractivity contribution >= 4 is 55.4 Å². The van der Waals surface area contributed by atoms with E-state index >= 15 is 0 Å². The summed E-state index contributed by atoms with van der Waals surface area (Å²) in [7, 11) is 0. The fourth-order valence-electron chi connectivity index (χ4n) is 1.73. The van der Waals surface area contributed by atoms with Crippen LogP contribution in [0.3, 0.4) is 0 Å². The van der Waals surface area contributed by atoms with Crippen molar-refractivity contribution in [2.75, 3.05) is 4.90 Å². The molecular weight excluding hydrogens is 362 g/mol. The maximum absolute atomic E-state index is 11.7. The number of hydrogen-bond donors (Lipinski definition) is 0. The van der Waals surface area contributed by atoms with Gasteiger partial charge in [-0.3, -0.25) is 9.59 Å². The number of nitrogens with zero attached hydrogens (tertiary/aromatic N) is 1. The van der Waals surface area contributed by atoms with E-state index in [-0.39, 0.29) is 11.8 Å². The molecule has 0 aromatic heterocycles. The fraction of sp³-hybridized carbons (Fsp3) is 0.0769. The van der Waals surface area contributed by atoms with Crippen molar-refractivity contribution in [3.63, 3.8) is 0 Å². The Morgan fingerprint density at radius 1 is 1.17 bits per heavy atom. The van der Waals surface area contributed by atoms with Crippen molar-refractivity contribution in [2.24, 2.45) is 0 Å². The Morgan fingerprint density at radius 2 is 1.83 bits per heavy atom. The maximum atomic E-state index is 11.7. The molecule has 0 bridgehead atoms. The number of carbonyl (C=O) groups excluding carboxylic acids is 2. The van der Waals surface area contributed by atoms with Crippen LogP contribution in [0.25, 0.3) is 6.08 Å². The molecule has 0 unspecified atom stereocenters. The number of rotatable bonds is 3. The van der Waals surface area contributed by atoms with Gasteiger partial charge in [0.25, 0.3) is 11.8 Å². The second kappa shape index (κ2) is 5.63. The molecule has 1 aromatic rings. The zero-order valence-electron chi connectivity index (χ0n) is 9.27. The van der Waals surface area contributed by atoms with Crippen LogP contribution in [0, 0.1) is 0 Å². The van der Waals surface area contributed by atoms with Gasteiger partial charge in [-0.25, -0.2) is 4.90 Å². The topological polar surface area (TPSA) is 37.4 Å². The van der Waals surface area contributed by atoms with E-state index in [0.717, 1.165) is 16.5 Å². The summed E-state index contributed by atoms with van der Waals surface area (Å²) in [5.74, 6) is -0.619. The van der Waals surface area contributed by atoms with Gasteiger partial charge in [0.1, 0.15) is 0 Å². The second-order valence-corrected chi connectivity index (χ2v) is 4.75. The third-order valence-electron chi connectivity index (χ3n) is 2.54. The Balaban J connectivity index is 2.50. The van der Waals surface area contributed by atoms with Crippen LogP contribution >= 0.6 is 31.9 Å². The van der Waals surface area contributed by atoms with Crippen molar-refractivity contribution in [3.05, 3.63) is 46.5 Å². The van der Waals surface area contributed by atoms with Gasteiger partial charge in [0, 0.05) is 17.5 Å². The molecule has 2 rings (SSSR count). The molecular formula is C13H9Br2NO2. The number of anilines is 1. The summed E-state index contributed by atoms with van der Waals surface area (Å²) in [6.07, 6.45) is 4.37. The molecule has 1 aliphatic heterocycles. The van der Waals surface area contributed by atoms with Gasteiger partial charge in [-0.05, 0) is 34.3 Å². The highest BCUT2D eigenvalue weighted by Crippen LogP contribution is 2.27. The Kier molecular flexibility index (Phi) is 4.14. The van der Waals surface area contributed by atoms with Crippen LogP contribution < -0.4 is 4.90 Å². The quantitative estimate of drug-likeness (QED) is 0.604. The molecule has 3 nitrogen and oxygen atoms in total. The largest absolute Gasteiger partial charge is 0.269 e. The summed E-state index contributed by atoms with van der Waals surface area (Å²) in [5.41, 5.74) is 2.48. The lowest BCUT2D eigenvalue weighted by Gasteiger charge is -2.17. The Labute approximate surface area is 121 Å². The predicted molar refractivity (Wildman–Crippen MR) is 78.7 cm³/mol. The molecule has 0 spiro atoms. The molecule has 18 heavy (non-hydrogen) atoms. The van der Waals surface area contributed by atoms with Crippen LogP contribution in [-0.4, -0.2) is 11.8 Å². The van der Waals surface area contributed by atoms with Crippen molar-refractivity contribution in [1.82, 2.24) is 0 Å². The summed E-state index contributed by atoms with van der Waals surface area (Å²) in [4.78, 5) is 26.2. The highest BCUT2D eigenvalue weighted by molar-refractivity contribution is 9.11. The van der Waals surface area contributed by atoms with Crippen LogP contribution in [-0.2, 0) is 14.9 Å². The SMILES string of the molecule is O=C1C=CC(=O)N1c1ccc(CBr)cc1C=CBr. The lowest BCUT2D eigenvalue weighted by molar-refractivity contribution is -0.119. The van der Waals surface area contributed by atoms with Gasteiger partial charge >= 0.3 is 0 Å². The first kappa shape index (κ1) is 13.2. The van der Waals surface area contributed by atoms with E-state index in [9.17, 15) is 9.59 Å². The van der Waals surface area contributed by atoms with Crippen molar-refractivity contribution < 1.29 is 9.59 Å². The molecule has 0 radical (unpaired) electrons. The van der Waals surface area contributed by atoms with Gasteiger partial charge in [-0.2, -0.15) is 0 Å². The number of carbonyl (C=O) groups is 2. The second-order valence-electron chi connectivity index (χ2n) is 3.66. The average Bonchev–Trinajstić information content (AvgIpc) is 2.70. The summed E-state index contributed by atoms with van der Waals surface area (Å²) in [6, 6.07) is 5.59. The lowest BCUT2D eigenvalue weighted by Crippen LogP contribution is -2.30. The smallest absolute Gasteiger partial charge is 0.258 e. The first-order valence-corrected chi connectivity index (χ1v) is 7.23.